The van der Waals surface area contributed by atoms with E-state index in [0.29, 0.717) is 36.0 Å². The molecule has 0 bridgehead atoms. The molecule has 0 fully saturated rings. The van der Waals surface area contributed by atoms with Crippen LogP contribution < -0.4 is 14.8 Å². The van der Waals surface area contributed by atoms with E-state index in [0.717, 1.165) is 11.1 Å². The number of aryl methyl sites for hydroxylation is 2. The van der Waals surface area contributed by atoms with Gasteiger partial charge in [0, 0.05) is 18.1 Å². The van der Waals surface area contributed by atoms with Gasteiger partial charge in [0.2, 0.25) is 0 Å². The van der Waals surface area contributed by atoms with Gasteiger partial charge in [0.05, 0.1) is 25.3 Å². The fraction of sp³-hybridized carbons (Fsp3) is 0.375. The van der Waals surface area contributed by atoms with Crippen molar-refractivity contribution >= 4 is 23.3 Å². The van der Waals surface area contributed by atoms with Gasteiger partial charge < -0.3 is 19.5 Å². The molecule has 166 valence electrons. The molecule has 0 radical (unpaired) electrons. The van der Waals surface area contributed by atoms with Gasteiger partial charge >= 0.3 is 5.97 Å². The van der Waals surface area contributed by atoms with E-state index in [4.69, 9.17) is 14.2 Å². The van der Waals surface area contributed by atoms with Crippen LogP contribution in [0, 0.1) is 13.8 Å². The van der Waals surface area contributed by atoms with Crippen molar-refractivity contribution in [2.24, 2.45) is 0 Å². The predicted molar refractivity (Wildman–Crippen MR) is 118 cm³/mol. The number of nitrogens with one attached hydrogen (secondary N) is 1. The van der Waals surface area contributed by atoms with E-state index in [-0.39, 0.29) is 18.6 Å². The number of anilines is 1. The standard InChI is InChI=1S/C24H29NO6/c1-5-29-19-9-11-22(30-6-2)20(14-19)25-23(27)15-31-24(28)12-10-21(26)18-8-7-16(3)17(4)13-18/h7-9,11,13-14H,5-6,10,12,15H2,1-4H3,(H,25,27). The van der Waals surface area contributed by atoms with E-state index in [2.05, 4.69) is 5.32 Å². The number of rotatable bonds is 11. The third-order valence-corrected chi connectivity index (χ3v) is 4.59. The molecule has 0 aliphatic heterocycles. The fourth-order valence-electron chi connectivity index (χ4n) is 2.82. The Kier molecular flexibility index (Phi) is 9.06. The number of ether oxygens (including phenoxy) is 3. The number of benzene rings is 2. The molecule has 0 saturated carbocycles. The van der Waals surface area contributed by atoms with Crippen LogP contribution in [0.5, 0.6) is 11.5 Å². The first-order valence-electron chi connectivity index (χ1n) is 10.3. The lowest BCUT2D eigenvalue weighted by Crippen LogP contribution is -2.21. The number of carbonyl (C=O) groups excluding carboxylic acids is 3. The molecule has 2 rings (SSSR count). The van der Waals surface area contributed by atoms with Crippen LogP contribution in [-0.2, 0) is 14.3 Å². The molecule has 1 amide bonds. The maximum absolute atomic E-state index is 12.3. The van der Waals surface area contributed by atoms with E-state index in [1.54, 1.807) is 24.3 Å². The molecule has 0 spiro atoms. The maximum Gasteiger partial charge on any atom is 0.306 e. The highest BCUT2D eigenvalue weighted by atomic mass is 16.5. The highest BCUT2D eigenvalue weighted by Gasteiger charge is 2.14. The van der Waals surface area contributed by atoms with Crippen LogP contribution in [0.1, 0.15) is 48.2 Å². The number of ketones is 1. The van der Waals surface area contributed by atoms with Crippen LogP contribution in [0.15, 0.2) is 36.4 Å². The monoisotopic (exact) mass is 427 g/mol. The van der Waals surface area contributed by atoms with Gasteiger partial charge in [-0.1, -0.05) is 12.1 Å². The second-order valence-electron chi connectivity index (χ2n) is 6.96. The number of hydrogen-bond donors (Lipinski definition) is 1. The van der Waals surface area contributed by atoms with Crippen molar-refractivity contribution in [1.82, 2.24) is 0 Å². The number of amides is 1. The molecule has 2 aromatic rings. The van der Waals surface area contributed by atoms with Crippen LogP contribution in [0.4, 0.5) is 5.69 Å². The molecule has 0 heterocycles. The summed E-state index contributed by atoms with van der Waals surface area (Å²) in [6.45, 7) is 8.06. The van der Waals surface area contributed by atoms with Crippen LogP contribution in [0.25, 0.3) is 0 Å². The molecular formula is C24H29NO6. The summed E-state index contributed by atoms with van der Waals surface area (Å²) in [6.07, 6.45) is -0.0725. The van der Waals surface area contributed by atoms with Gasteiger partial charge in [-0.05, 0) is 57.0 Å². The summed E-state index contributed by atoms with van der Waals surface area (Å²) in [4.78, 5) is 36.4. The molecule has 0 aliphatic carbocycles. The maximum atomic E-state index is 12.3. The molecule has 1 N–H and O–H groups in total. The topological polar surface area (TPSA) is 90.9 Å². The van der Waals surface area contributed by atoms with Crippen molar-refractivity contribution < 1.29 is 28.6 Å². The molecule has 7 heteroatoms. The second-order valence-corrected chi connectivity index (χ2v) is 6.96. The molecule has 31 heavy (non-hydrogen) atoms. The minimum Gasteiger partial charge on any atom is -0.494 e. The Morgan fingerprint density at radius 1 is 0.871 bits per heavy atom. The summed E-state index contributed by atoms with van der Waals surface area (Å²) in [7, 11) is 0. The lowest BCUT2D eigenvalue weighted by Gasteiger charge is -2.13. The average molecular weight is 427 g/mol. The minimum absolute atomic E-state index is 0.0217. The summed E-state index contributed by atoms with van der Waals surface area (Å²) in [6, 6.07) is 10.5. The highest BCUT2D eigenvalue weighted by Crippen LogP contribution is 2.29. The van der Waals surface area contributed by atoms with Gasteiger partial charge in [-0.3, -0.25) is 14.4 Å². The van der Waals surface area contributed by atoms with Gasteiger partial charge in [-0.15, -0.1) is 0 Å². The Morgan fingerprint density at radius 3 is 2.29 bits per heavy atom. The average Bonchev–Trinajstić information content (AvgIpc) is 2.74. The smallest absolute Gasteiger partial charge is 0.306 e. The largest absolute Gasteiger partial charge is 0.494 e. The van der Waals surface area contributed by atoms with Crippen molar-refractivity contribution in [2.75, 3.05) is 25.1 Å². The lowest BCUT2D eigenvalue weighted by molar-refractivity contribution is -0.147. The Bertz CT molecular complexity index is 938. The predicted octanol–water partition coefficient (Wildman–Crippen LogP) is 4.25. The Hall–Kier alpha value is -3.35. The van der Waals surface area contributed by atoms with E-state index >= 15 is 0 Å². The van der Waals surface area contributed by atoms with Crippen molar-refractivity contribution in [3.05, 3.63) is 53.1 Å². The summed E-state index contributed by atoms with van der Waals surface area (Å²) >= 11 is 0. The van der Waals surface area contributed by atoms with Crippen molar-refractivity contribution in [1.29, 1.82) is 0 Å². The number of Topliss-reactive ketones (excluding diaryl/α,β-unsaturated/α-hetero) is 1. The SMILES string of the molecule is CCOc1ccc(OCC)c(NC(=O)COC(=O)CCC(=O)c2ccc(C)c(C)c2)c1. The zero-order valence-electron chi connectivity index (χ0n) is 18.4. The quantitative estimate of drug-likeness (QED) is 0.426. The molecule has 2 aromatic carbocycles. The summed E-state index contributed by atoms with van der Waals surface area (Å²) in [5.74, 6) is -0.185. The minimum atomic E-state index is -0.611. The van der Waals surface area contributed by atoms with E-state index < -0.39 is 18.5 Å². The Labute approximate surface area is 182 Å². The first-order chi connectivity index (χ1) is 14.8. The fourth-order valence-corrected chi connectivity index (χ4v) is 2.82. The zero-order chi connectivity index (χ0) is 22.8. The van der Waals surface area contributed by atoms with Crippen molar-refractivity contribution in [3.63, 3.8) is 0 Å². The van der Waals surface area contributed by atoms with E-state index in [1.807, 2.05) is 39.8 Å². The Morgan fingerprint density at radius 2 is 1.61 bits per heavy atom. The normalized spacial score (nSPS) is 10.3. The van der Waals surface area contributed by atoms with Gasteiger partial charge in [0.25, 0.3) is 5.91 Å². The number of carbonyl (C=O) groups is 3. The van der Waals surface area contributed by atoms with Crippen LogP contribution in [-0.4, -0.2) is 37.5 Å². The zero-order valence-corrected chi connectivity index (χ0v) is 18.4. The molecule has 0 aliphatic rings. The van der Waals surface area contributed by atoms with E-state index in [1.165, 1.54) is 0 Å². The van der Waals surface area contributed by atoms with Gasteiger partial charge in [0.15, 0.2) is 12.4 Å². The van der Waals surface area contributed by atoms with Crippen molar-refractivity contribution in [3.8, 4) is 11.5 Å². The van der Waals surface area contributed by atoms with Crippen LogP contribution >= 0.6 is 0 Å². The highest BCUT2D eigenvalue weighted by molar-refractivity contribution is 5.98. The van der Waals surface area contributed by atoms with Crippen molar-refractivity contribution in [2.45, 2.75) is 40.5 Å². The first-order valence-corrected chi connectivity index (χ1v) is 10.3. The molecule has 0 aromatic heterocycles. The lowest BCUT2D eigenvalue weighted by atomic mass is 10.0. The molecule has 0 atom stereocenters. The molecular weight excluding hydrogens is 398 g/mol. The van der Waals surface area contributed by atoms with Gasteiger partial charge in [-0.2, -0.15) is 0 Å². The molecule has 7 nitrogen and oxygen atoms in total. The summed E-state index contributed by atoms with van der Waals surface area (Å²) < 4.78 is 16.0. The van der Waals surface area contributed by atoms with Gasteiger partial charge in [0.1, 0.15) is 11.5 Å². The Balaban J connectivity index is 1.85. The molecule has 0 saturated heterocycles. The number of esters is 1. The van der Waals surface area contributed by atoms with E-state index in [9.17, 15) is 14.4 Å². The number of hydrogen-bond acceptors (Lipinski definition) is 6. The third kappa shape index (κ3) is 7.44. The van der Waals surface area contributed by atoms with Crippen LogP contribution in [0.2, 0.25) is 0 Å². The summed E-state index contributed by atoms with van der Waals surface area (Å²) in [5, 5.41) is 2.66. The summed E-state index contributed by atoms with van der Waals surface area (Å²) in [5.41, 5.74) is 3.11. The van der Waals surface area contributed by atoms with Gasteiger partial charge in [-0.25, -0.2) is 0 Å². The third-order valence-electron chi connectivity index (χ3n) is 4.59. The molecule has 0 unspecified atom stereocenters. The first kappa shape index (κ1) is 23.9. The van der Waals surface area contributed by atoms with Crippen LogP contribution in [0.3, 0.4) is 0 Å². The second kappa shape index (κ2) is 11.7.